The zero-order valence-electron chi connectivity index (χ0n) is 12.1. The number of H-pyrrole nitrogens is 1. The predicted molar refractivity (Wildman–Crippen MR) is 76.5 cm³/mol. The summed E-state index contributed by atoms with van der Waals surface area (Å²) >= 11 is 0. The Morgan fingerprint density at radius 1 is 1.52 bits per heavy atom. The number of hydrogen-bond donors (Lipinski definition) is 6. The van der Waals surface area contributed by atoms with Gasteiger partial charge < -0.3 is 30.5 Å². The second-order valence-corrected chi connectivity index (χ2v) is 6.38. The number of rotatable bonds is 4. The number of alkyl halides is 1. The van der Waals surface area contributed by atoms with Crippen molar-refractivity contribution in [3.8, 4) is 0 Å². The molecule has 25 heavy (non-hydrogen) atoms. The molecule has 1 saturated heterocycles. The van der Waals surface area contributed by atoms with Crippen molar-refractivity contribution in [3.05, 3.63) is 16.7 Å². The van der Waals surface area contributed by atoms with Crippen molar-refractivity contribution in [2.75, 3.05) is 5.73 Å². The van der Waals surface area contributed by atoms with E-state index < -0.39 is 44.3 Å². The van der Waals surface area contributed by atoms with E-state index in [1.807, 2.05) is 0 Å². The van der Waals surface area contributed by atoms with Gasteiger partial charge in [0.2, 0.25) is 5.95 Å². The van der Waals surface area contributed by atoms with Crippen LogP contribution in [0.1, 0.15) is 6.23 Å². The number of ether oxygens (including phenoxy) is 1. The van der Waals surface area contributed by atoms with Crippen molar-refractivity contribution < 1.29 is 38.2 Å². The number of aromatic nitrogens is 4. The summed E-state index contributed by atoms with van der Waals surface area (Å²) in [5.41, 5.74) is 4.42. The molecule has 0 spiro atoms. The van der Waals surface area contributed by atoms with Crippen LogP contribution in [0.15, 0.2) is 11.1 Å². The monoisotopic (exact) mass is 381 g/mol. The topological polar surface area (TPSA) is 206 Å². The summed E-state index contributed by atoms with van der Waals surface area (Å²) in [4.78, 5) is 38.8. The van der Waals surface area contributed by atoms with Crippen molar-refractivity contribution in [3.63, 3.8) is 0 Å². The summed E-state index contributed by atoms with van der Waals surface area (Å²) in [5.74, 6) is -0.269. The fourth-order valence-corrected chi connectivity index (χ4v) is 2.85. The van der Waals surface area contributed by atoms with Crippen molar-refractivity contribution in [2.24, 2.45) is 0 Å². The van der Waals surface area contributed by atoms with Gasteiger partial charge in [0.15, 0.2) is 29.9 Å². The third kappa shape index (κ3) is 3.28. The Morgan fingerprint density at radius 2 is 2.20 bits per heavy atom. The Kier molecular flexibility index (Phi) is 4.36. The molecule has 0 amide bonds. The van der Waals surface area contributed by atoms with Gasteiger partial charge in [-0.05, 0) is 0 Å². The van der Waals surface area contributed by atoms with Crippen LogP contribution in [0.4, 0.5) is 10.3 Å². The number of nitrogens with one attached hydrogen (secondary N) is 1. The average molecular weight is 381 g/mol. The lowest BCUT2D eigenvalue weighted by atomic mass is 10.1. The standard InChI is InChI=1S/C10H13FN5O8P/c11-2-4(17)5(9(19)24-25(20,21)22)23-8(2)16-1-13-3-6(16)14-10(12)15-7(3)18/h1-2,4-5,8-9,17,19H,(H2,20,21,22)(H3,12,14,15,18)/t2-,4+,5+,8-,9?/m1/s1. The zero-order chi connectivity index (χ0) is 18.5. The number of nitrogens with two attached hydrogens (primary N) is 1. The number of nitrogens with zero attached hydrogens (tertiary/aromatic N) is 3. The van der Waals surface area contributed by atoms with Crippen LogP contribution in [0.25, 0.3) is 11.2 Å². The summed E-state index contributed by atoms with van der Waals surface area (Å²) < 4.78 is 35.2. The molecule has 138 valence electrons. The van der Waals surface area contributed by atoms with Crippen LogP contribution in [0.5, 0.6) is 0 Å². The molecule has 3 rings (SSSR count). The first-order valence-corrected chi connectivity index (χ1v) is 8.23. The Bertz CT molecular complexity index is 897. The van der Waals surface area contributed by atoms with Crippen molar-refractivity contribution >= 4 is 24.9 Å². The lowest BCUT2D eigenvalue weighted by Crippen LogP contribution is -2.38. The second-order valence-electron chi connectivity index (χ2n) is 5.19. The number of phosphoric ester groups is 1. The Labute approximate surface area is 137 Å². The highest BCUT2D eigenvalue weighted by atomic mass is 31.2. The Hall–Kier alpha value is -1.93. The van der Waals surface area contributed by atoms with E-state index in [-0.39, 0.29) is 17.1 Å². The summed E-state index contributed by atoms with van der Waals surface area (Å²) in [6.45, 7) is 0. The van der Waals surface area contributed by atoms with Gasteiger partial charge in [-0.2, -0.15) is 4.98 Å². The van der Waals surface area contributed by atoms with Gasteiger partial charge in [0.25, 0.3) is 5.56 Å². The predicted octanol–water partition coefficient (Wildman–Crippen LogP) is -2.27. The maximum Gasteiger partial charge on any atom is 0.472 e. The molecule has 15 heteroatoms. The number of aliphatic hydroxyl groups excluding tert-OH is 2. The molecule has 0 bridgehead atoms. The molecule has 1 fully saturated rings. The minimum absolute atomic E-state index is 0.146. The first kappa shape index (κ1) is 17.9. The first-order chi connectivity index (χ1) is 11.6. The fraction of sp³-hybridized carbons (Fsp3) is 0.500. The van der Waals surface area contributed by atoms with Crippen LogP contribution in [-0.2, 0) is 13.8 Å². The van der Waals surface area contributed by atoms with Gasteiger partial charge >= 0.3 is 7.82 Å². The minimum atomic E-state index is -5.11. The van der Waals surface area contributed by atoms with E-state index in [0.717, 1.165) is 10.9 Å². The minimum Gasteiger partial charge on any atom is -0.387 e. The quantitative estimate of drug-likeness (QED) is 0.246. The molecule has 2 aromatic rings. The van der Waals surface area contributed by atoms with E-state index in [1.54, 1.807) is 0 Å². The van der Waals surface area contributed by atoms with Gasteiger partial charge in [0.1, 0.15) is 12.2 Å². The lowest BCUT2D eigenvalue weighted by molar-refractivity contribution is -0.160. The van der Waals surface area contributed by atoms with Crippen LogP contribution >= 0.6 is 7.82 Å². The number of nitrogen functional groups attached to an aromatic ring is 1. The normalized spacial score (nSPS) is 28.5. The Balaban J connectivity index is 1.94. The van der Waals surface area contributed by atoms with Crippen LogP contribution in [0, 0.1) is 0 Å². The molecular formula is C10H13FN5O8P. The summed E-state index contributed by atoms with van der Waals surface area (Å²) in [6.07, 6.45) is -8.86. The highest BCUT2D eigenvalue weighted by Crippen LogP contribution is 2.41. The number of aromatic amines is 1. The second kappa shape index (κ2) is 6.10. The molecule has 0 aromatic carbocycles. The maximum atomic E-state index is 14.4. The zero-order valence-corrected chi connectivity index (χ0v) is 13.0. The van der Waals surface area contributed by atoms with E-state index in [4.69, 9.17) is 20.3 Å². The molecule has 1 aliphatic heterocycles. The van der Waals surface area contributed by atoms with E-state index >= 15 is 0 Å². The van der Waals surface area contributed by atoms with Gasteiger partial charge in [-0.3, -0.25) is 18.9 Å². The highest BCUT2D eigenvalue weighted by Gasteiger charge is 2.50. The van der Waals surface area contributed by atoms with E-state index in [9.17, 15) is 24.0 Å². The van der Waals surface area contributed by atoms with Crippen LogP contribution in [-0.4, -0.2) is 64.2 Å². The highest BCUT2D eigenvalue weighted by molar-refractivity contribution is 7.46. The molecule has 1 unspecified atom stereocenters. The van der Waals surface area contributed by atoms with E-state index in [2.05, 4.69) is 19.5 Å². The molecule has 13 nitrogen and oxygen atoms in total. The summed E-state index contributed by atoms with van der Waals surface area (Å²) in [6, 6.07) is 0. The lowest BCUT2D eigenvalue weighted by Gasteiger charge is -2.21. The maximum absolute atomic E-state index is 14.4. The summed E-state index contributed by atoms with van der Waals surface area (Å²) in [5, 5.41) is 19.4. The SMILES string of the molecule is Nc1nc2c(ncn2[C@@H]2O[C@H](C(O)OP(=O)(O)O)[C@@H](O)[C@H]2F)c(=O)[nH]1. The molecule has 0 aliphatic carbocycles. The van der Waals surface area contributed by atoms with Gasteiger partial charge in [0.05, 0.1) is 6.33 Å². The molecule has 5 atom stereocenters. The van der Waals surface area contributed by atoms with Crippen molar-refractivity contribution in [2.45, 2.75) is 30.9 Å². The summed E-state index contributed by atoms with van der Waals surface area (Å²) in [7, 11) is -5.11. The van der Waals surface area contributed by atoms with Crippen LogP contribution in [0.2, 0.25) is 0 Å². The third-order valence-corrected chi connectivity index (χ3v) is 3.97. The van der Waals surface area contributed by atoms with Crippen LogP contribution in [0.3, 0.4) is 0 Å². The van der Waals surface area contributed by atoms with Crippen molar-refractivity contribution in [1.82, 2.24) is 19.5 Å². The van der Waals surface area contributed by atoms with Gasteiger partial charge in [-0.25, -0.2) is 13.9 Å². The molecule has 0 radical (unpaired) electrons. The average Bonchev–Trinajstić information content (AvgIpc) is 3.00. The molecule has 1 aliphatic rings. The number of aliphatic hydroxyl groups is 2. The number of fused-ring (bicyclic) bond motifs is 1. The van der Waals surface area contributed by atoms with E-state index in [0.29, 0.717) is 0 Å². The fourth-order valence-electron chi connectivity index (χ4n) is 2.45. The largest absolute Gasteiger partial charge is 0.472 e. The smallest absolute Gasteiger partial charge is 0.387 e. The molecule has 7 N–H and O–H groups in total. The molecule has 3 heterocycles. The molecule has 0 saturated carbocycles. The number of imidazole rings is 1. The third-order valence-electron chi connectivity index (χ3n) is 3.48. The Morgan fingerprint density at radius 3 is 2.84 bits per heavy atom. The van der Waals surface area contributed by atoms with Gasteiger partial charge in [-0.15, -0.1) is 0 Å². The number of phosphoric acid groups is 1. The molecule has 2 aromatic heterocycles. The number of anilines is 1. The number of hydrogen-bond acceptors (Lipinski definition) is 9. The van der Waals surface area contributed by atoms with E-state index in [1.165, 1.54) is 0 Å². The van der Waals surface area contributed by atoms with Gasteiger partial charge in [0, 0.05) is 0 Å². The van der Waals surface area contributed by atoms with Crippen molar-refractivity contribution in [1.29, 1.82) is 0 Å². The number of halogens is 1. The molecular weight excluding hydrogens is 368 g/mol. The first-order valence-electron chi connectivity index (χ1n) is 6.70. The van der Waals surface area contributed by atoms with Crippen LogP contribution < -0.4 is 11.3 Å². The van der Waals surface area contributed by atoms with Gasteiger partial charge in [-0.1, -0.05) is 0 Å².